The molecular weight excluding hydrogens is 396 g/mol. The monoisotopic (exact) mass is 418 g/mol. The zero-order chi connectivity index (χ0) is 22.0. The van der Waals surface area contributed by atoms with Crippen LogP contribution in [0.1, 0.15) is 0 Å². The summed E-state index contributed by atoms with van der Waals surface area (Å²) in [5.41, 5.74) is 0.101. The van der Waals surface area contributed by atoms with Crippen molar-refractivity contribution in [3.8, 4) is 51.6 Å². The molecule has 0 fully saturated rings. The first kappa shape index (κ1) is 21.0. The lowest BCUT2D eigenvalue weighted by atomic mass is 10.1. The van der Waals surface area contributed by atoms with Crippen LogP contribution in [-0.4, -0.2) is 47.8 Å². The Morgan fingerprint density at radius 2 is 1.27 bits per heavy atom. The van der Waals surface area contributed by atoms with Gasteiger partial charge in [-0.15, -0.1) is 0 Å². The maximum atomic E-state index is 13.0. The number of rotatable bonds is 7. The van der Waals surface area contributed by atoms with Crippen LogP contribution in [0.2, 0.25) is 0 Å². The second kappa shape index (κ2) is 8.32. The van der Waals surface area contributed by atoms with Crippen LogP contribution in [0.15, 0.2) is 27.4 Å². The molecule has 1 heterocycles. The highest BCUT2D eigenvalue weighted by Gasteiger charge is 2.25. The summed E-state index contributed by atoms with van der Waals surface area (Å²) < 4.78 is 37.8. The summed E-state index contributed by atoms with van der Waals surface area (Å²) in [5.74, 6) is 1.01. The zero-order valence-corrected chi connectivity index (χ0v) is 17.4. The Morgan fingerprint density at radius 1 is 0.700 bits per heavy atom. The standard InChI is InChI=1S/C21H22O9/c1-24-14-7-10(18(26-3)17(23)19(14)27-4)12-8-11(22)16-13(30-12)9-15(25-2)20(28-5)21(16)29-6/h7-9,23H,1-6H3. The van der Waals surface area contributed by atoms with Gasteiger partial charge in [-0.05, 0) is 6.07 Å². The predicted octanol–water partition coefficient (Wildman–Crippen LogP) is 3.22. The van der Waals surface area contributed by atoms with E-state index in [1.807, 2.05) is 0 Å². The van der Waals surface area contributed by atoms with E-state index in [9.17, 15) is 9.90 Å². The first-order valence-electron chi connectivity index (χ1n) is 8.74. The number of methoxy groups -OCH3 is 6. The van der Waals surface area contributed by atoms with E-state index in [0.717, 1.165) is 0 Å². The topological polar surface area (TPSA) is 106 Å². The van der Waals surface area contributed by atoms with Crippen molar-refractivity contribution in [2.45, 2.75) is 0 Å². The molecule has 0 unspecified atom stereocenters. The molecule has 2 aromatic carbocycles. The van der Waals surface area contributed by atoms with Crippen molar-refractivity contribution >= 4 is 11.0 Å². The highest BCUT2D eigenvalue weighted by Crippen LogP contribution is 2.50. The molecule has 0 saturated carbocycles. The number of phenolic OH excluding ortho intramolecular Hbond substituents is 1. The van der Waals surface area contributed by atoms with Gasteiger partial charge in [0.25, 0.3) is 0 Å². The lowest BCUT2D eigenvalue weighted by Crippen LogP contribution is -2.06. The van der Waals surface area contributed by atoms with Crippen LogP contribution in [0.3, 0.4) is 0 Å². The van der Waals surface area contributed by atoms with Crippen molar-refractivity contribution < 1.29 is 37.9 Å². The summed E-state index contributed by atoms with van der Waals surface area (Å²) in [4.78, 5) is 13.0. The molecule has 0 saturated heterocycles. The summed E-state index contributed by atoms with van der Waals surface area (Å²) in [6.45, 7) is 0. The molecule has 0 amide bonds. The Labute approximate surface area is 172 Å². The Hall–Kier alpha value is -3.75. The second-order valence-corrected chi connectivity index (χ2v) is 6.03. The van der Waals surface area contributed by atoms with E-state index >= 15 is 0 Å². The maximum absolute atomic E-state index is 13.0. The lowest BCUT2D eigenvalue weighted by molar-refractivity contribution is 0.316. The number of phenols is 1. The smallest absolute Gasteiger partial charge is 0.207 e. The Balaban J connectivity index is 2.39. The highest BCUT2D eigenvalue weighted by molar-refractivity contribution is 5.90. The lowest BCUT2D eigenvalue weighted by Gasteiger charge is -2.17. The third kappa shape index (κ3) is 3.18. The van der Waals surface area contributed by atoms with E-state index < -0.39 is 0 Å². The molecule has 9 heteroatoms. The van der Waals surface area contributed by atoms with E-state index in [0.29, 0.717) is 11.3 Å². The largest absolute Gasteiger partial charge is 0.502 e. The third-order valence-corrected chi connectivity index (χ3v) is 4.59. The minimum Gasteiger partial charge on any atom is -0.502 e. The number of fused-ring (bicyclic) bond motifs is 1. The fraction of sp³-hybridized carbons (Fsp3) is 0.286. The van der Waals surface area contributed by atoms with Crippen LogP contribution in [0.5, 0.6) is 40.2 Å². The van der Waals surface area contributed by atoms with Gasteiger partial charge in [0.2, 0.25) is 17.2 Å². The van der Waals surface area contributed by atoms with Gasteiger partial charge in [0.05, 0.1) is 48.2 Å². The first-order chi connectivity index (χ1) is 14.4. The van der Waals surface area contributed by atoms with Crippen molar-refractivity contribution in [2.75, 3.05) is 42.7 Å². The van der Waals surface area contributed by atoms with E-state index in [-0.39, 0.29) is 56.7 Å². The second-order valence-electron chi connectivity index (χ2n) is 6.03. The van der Waals surface area contributed by atoms with Crippen molar-refractivity contribution in [1.29, 1.82) is 0 Å². The fourth-order valence-corrected chi connectivity index (χ4v) is 3.27. The Morgan fingerprint density at radius 3 is 1.80 bits per heavy atom. The molecule has 0 spiro atoms. The molecule has 0 aliphatic carbocycles. The van der Waals surface area contributed by atoms with Crippen LogP contribution in [0.25, 0.3) is 22.3 Å². The Bertz CT molecular complexity index is 1150. The van der Waals surface area contributed by atoms with E-state index in [1.165, 1.54) is 54.8 Å². The van der Waals surface area contributed by atoms with Crippen LogP contribution < -0.4 is 33.8 Å². The average Bonchev–Trinajstić information content (AvgIpc) is 2.76. The highest BCUT2D eigenvalue weighted by atomic mass is 16.5. The molecule has 0 bridgehead atoms. The Kier molecular flexibility index (Phi) is 5.81. The summed E-state index contributed by atoms with van der Waals surface area (Å²) in [6, 6.07) is 4.33. The molecule has 0 aliphatic heterocycles. The van der Waals surface area contributed by atoms with E-state index in [4.69, 9.17) is 32.8 Å². The van der Waals surface area contributed by atoms with Gasteiger partial charge in [0.15, 0.2) is 28.4 Å². The number of hydrogen-bond donors (Lipinski definition) is 1. The molecule has 3 rings (SSSR count). The quantitative estimate of drug-likeness (QED) is 0.619. The van der Waals surface area contributed by atoms with Gasteiger partial charge in [0, 0.05) is 12.1 Å². The molecule has 1 N–H and O–H groups in total. The zero-order valence-electron chi connectivity index (χ0n) is 17.4. The third-order valence-electron chi connectivity index (χ3n) is 4.59. The van der Waals surface area contributed by atoms with Crippen molar-refractivity contribution in [2.24, 2.45) is 0 Å². The van der Waals surface area contributed by atoms with E-state index in [1.54, 1.807) is 6.07 Å². The number of hydrogen-bond acceptors (Lipinski definition) is 9. The van der Waals surface area contributed by atoms with Crippen molar-refractivity contribution in [3.05, 3.63) is 28.4 Å². The molecular formula is C21H22O9. The fourth-order valence-electron chi connectivity index (χ4n) is 3.27. The first-order valence-corrected chi connectivity index (χ1v) is 8.74. The molecule has 0 aliphatic rings. The summed E-state index contributed by atoms with van der Waals surface area (Å²) >= 11 is 0. The van der Waals surface area contributed by atoms with Gasteiger partial charge in [-0.3, -0.25) is 4.79 Å². The molecule has 1 aromatic heterocycles. The van der Waals surface area contributed by atoms with Crippen molar-refractivity contribution in [1.82, 2.24) is 0 Å². The number of benzene rings is 2. The number of aromatic hydroxyl groups is 1. The van der Waals surface area contributed by atoms with Crippen LogP contribution in [0, 0.1) is 0 Å². The molecule has 3 aromatic rings. The molecule has 0 atom stereocenters. The summed E-state index contributed by atoms with van der Waals surface area (Å²) in [6.07, 6.45) is 0. The molecule has 0 radical (unpaired) electrons. The van der Waals surface area contributed by atoms with Gasteiger partial charge in [-0.25, -0.2) is 0 Å². The van der Waals surface area contributed by atoms with Gasteiger partial charge < -0.3 is 37.9 Å². The molecule has 9 nitrogen and oxygen atoms in total. The predicted molar refractivity (Wildman–Crippen MR) is 109 cm³/mol. The average molecular weight is 418 g/mol. The van der Waals surface area contributed by atoms with Gasteiger partial charge >= 0.3 is 0 Å². The van der Waals surface area contributed by atoms with Crippen molar-refractivity contribution in [3.63, 3.8) is 0 Å². The molecule has 160 valence electrons. The number of ether oxygens (including phenoxy) is 6. The summed E-state index contributed by atoms with van der Waals surface area (Å²) in [5, 5.41) is 10.7. The summed E-state index contributed by atoms with van der Waals surface area (Å²) in [7, 11) is 8.50. The van der Waals surface area contributed by atoms with Gasteiger partial charge in [-0.1, -0.05) is 0 Å². The van der Waals surface area contributed by atoms with E-state index in [2.05, 4.69) is 0 Å². The minimum absolute atomic E-state index is 0.0580. The van der Waals surface area contributed by atoms with Gasteiger partial charge in [0.1, 0.15) is 16.7 Å². The van der Waals surface area contributed by atoms with Crippen LogP contribution >= 0.6 is 0 Å². The van der Waals surface area contributed by atoms with Gasteiger partial charge in [-0.2, -0.15) is 0 Å². The minimum atomic E-state index is -0.389. The van der Waals surface area contributed by atoms with Crippen LogP contribution in [-0.2, 0) is 0 Å². The maximum Gasteiger partial charge on any atom is 0.207 e. The van der Waals surface area contributed by atoms with Crippen LogP contribution in [0.4, 0.5) is 0 Å². The molecule has 30 heavy (non-hydrogen) atoms. The normalized spacial score (nSPS) is 10.6. The SMILES string of the molecule is COc1cc(-c2cc(=O)c3c(OC)c(OC)c(OC)cc3o2)c(OC)c(O)c1OC.